The number of piperidine rings is 2. The van der Waals surface area contributed by atoms with Crippen molar-refractivity contribution in [1.82, 2.24) is 14.8 Å². The molecule has 0 spiro atoms. The van der Waals surface area contributed by atoms with Crippen molar-refractivity contribution >= 4 is 28.5 Å². The van der Waals surface area contributed by atoms with Crippen molar-refractivity contribution in [3.8, 4) is 11.3 Å². The number of aromatic nitrogens is 1. The van der Waals surface area contributed by atoms with Crippen LogP contribution in [0.15, 0.2) is 48.5 Å². The molecule has 2 aromatic carbocycles. The van der Waals surface area contributed by atoms with Crippen LogP contribution in [0.5, 0.6) is 0 Å². The van der Waals surface area contributed by atoms with Gasteiger partial charge in [-0.25, -0.2) is 9.78 Å². The fourth-order valence-corrected chi connectivity index (χ4v) is 5.76. The van der Waals surface area contributed by atoms with Gasteiger partial charge in [-0.3, -0.25) is 4.90 Å². The van der Waals surface area contributed by atoms with E-state index < -0.39 is 0 Å². The number of benzene rings is 2. The number of carbonyl (C=O) groups is 1. The highest BCUT2D eigenvalue weighted by Crippen LogP contribution is 2.34. The van der Waals surface area contributed by atoms with Crippen molar-refractivity contribution in [3.05, 3.63) is 64.7 Å². The van der Waals surface area contributed by atoms with Gasteiger partial charge in [0.25, 0.3) is 0 Å². The van der Waals surface area contributed by atoms with E-state index in [2.05, 4.69) is 9.80 Å². The number of pyridine rings is 1. The Morgan fingerprint density at radius 2 is 1.79 bits per heavy atom. The average molecular weight is 478 g/mol. The molecule has 6 heteroatoms. The number of hydrogen-bond acceptors (Lipinski definition) is 5. The minimum atomic E-state index is -0.319. The summed E-state index contributed by atoms with van der Waals surface area (Å²) < 4.78 is 5.27. The number of hydrogen-bond donors (Lipinski definition) is 0. The summed E-state index contributed by atoms with van der Waals surface area (Å²) in [5, 5.41) is 1.48. The lowest BCUT2D eigenvalue weighted by atomic mass is 9.94. The summed E-state index contributed by atoms with van der Waals surface area (Å²) in [5.74, 6) is -0.319. The quantitative estimate of drug-likeness (QED) is 0.435. The third kappa shape index (κ3) is 4.83. The molecular formula is C28H32ClN3O2. The molecule has 0 atom stereocenters. The molecule has 0 saturated carbocycles. The number of nitrogens with zero attached hydrogens (tertiary/aromatic N) is 3. The van der Waals surface area contributed by atoms with Crippen LogP contribution in [-0.4, -0.2) is 60.1 Å². The first-order valence-corrected chi connectivity index (χ1v) is 12.7. The number of halogens is 1. The number of para-hydroxylation sites is 1. The monoisotopic (exact) mass is 477 g/mol. The Labute approximate surface area is 206 Å². The number of carbonyl (C=O) groups excluding carboxylic acids is 1. The van der Waals surface area contributed by atoms with E-state index in [1.807, 2.05) is 48.5 Å². The van der Waals surface area contributed by atoms with Gasteiger partial charge in [-0.15, -0.1) is 0 Å². The van der Waals surface area contributed by atoms with Gasteiger partial charge in [-0.1, -0.05) is 48.4 Å². The Morgan fingerprint density at radius 3 is 2.53 bits per heavy atom. The Balaban J connectivity index is 1.51. The molecule has 0 aliphatic carbocycles. The second kappa shape index (κ2) is 10.4. The van der Waals surface area contributed by atoms with Crippen LogP contribution in [-0.2, 0) is 11.3 Å². The molecule has 5 rings (SSSR count). The first-order valence-electron chi connectivity index (χ1n) is 12.4. The topological polar surface area (TPSA) is 45.7 Å². The number of esters is 1. The zero-order valence-electron chi connectivity index (χ0n) is 19.8. The van der Waals surface area contributed by atoms with Crippen LogP contribution in [0, 0.1) is 0 Å². The van der Waals surface area contributed by atoms with Gasteiger partial charge < -0.3 is 9.64 Å². The molecule has 178 valence electrons. The van der Waals surface area contributed by atoms with Crippen molar-refractivity contribution in [2.45, 2.75) is 44.7 Å². The lowest BCUT2D eigenvalue weighted by Crippen LogP contribution is -2.46. The van der Waals surface area contributed by atoms with Gasteiger partial charge in [-0.05, 0) is 70.1 Å². The van der Waals surface area contributed by atoms with Crippen LogP contribution in [0.2, 0.25) is 5.02 Å². The van der Waals surface area contributed by atoms with Gasteiger partial charge in [0, 0.05) is 34.1 Å². The van der Waals surface area contributed by atoms with E-state index in [1.165, 1.54) is 52.3 Å². The second-order valence-corrected chi connectivity index (χ2v) is 9.87. The van der Waals surface area contributed by atoms with Crippen LogP contribution in [0.3, 0.4) is 0 Å². The first kappa shape index (κ1) is 23.3. The zero-order chi connectivity index (χ0) is 23.5. The Morgan fingerprint density at radius 1 is 1.03 bits per heavy atom. The standard InChI is InChI=1S/C28H32ClN3O2/c1-34-28(33)26-23-10-3-4-11-25(23)30-27(20-8-7-9-21(29)18-20)24(26)19-31-16-12-22(13-17-31)32-14-5-2-6-15-32/h3-4,7-11,18,22H,2,5-6,12-17,19H2,1H3. The van der Waals surface area contributed by atoms with Crippen molar-refractivity contribution in [3.63, 3.8) is 0 Å². The van der Waals surface area contributed by atoms with Crippen molar-refractivity contribution in [1.29, 1.82) is 0 Å². The maximum absolute atomic E-state index is 13.1. The van der Waals surface area contributed by atoms with Crippen molar-refractivity contribution < 1.29 is 9.53 Å². The average Bonchev–Trinajstić information content (AvgIpc) is 2.89. The molecule has 0 unspecified atom stereocenters. The second-order valence-electron chi connectivity index (χ2n) is 9.44. The molecule has 34 heavy (non-hydrogen) atoms. The number of rotatable bonds is 5. The molecule has 3 aromatic rings. The highest BCUT2D eigenvalue weighted by atomic mass is 35.5. The summed E-state index contributed by atoms with van der Waals surface area (Å²) in [4.78, 5) is 23.3. The Kier molecular flexibility index (Phi) is 7.14. The van der Waals surface area contributed by atoms with Crippen molar-refractivity contribution in [2.75, 3.05) is 33.3 Å². The van der Waals surface area contributed by atoms with Gasteiger partial charge in [-0.2, -0.15) is 0 Å². The predicted molar refractivity (Wildman–Crippen MR) is 137 cm³/mol. The summed E-state index contributed by atoms with van der Waals surface area (Å²) in [6.07, 6.45) is 6.36. The van der Waals surface area contributed by atoms with Gasteiger partial charge in [0.1, 0.15) is 0 Å². The normalized spacial score (nSPS) is 18.3. The molecule has 0 N–H and O–H groups in total. The van der Waals surface area contributed by atoms with E-state index in [-0.39, 0.29) is 5.97 Å². The van der Waals surface area contributed by atoms with Crippen LogP contribution in [0.25, 0.3) is 22.2 Å². The number of fused-ring (bicyclic) bond motifs is 1. The maximum Gasteiger partial charge on any atom is 0.338 e. The van der Waals surface area contributed by atoms with Crippen LogP contribution >= 0.6 is 11.6 Å². The fraction of sp³-hybridized carbons (Fsp3) is 0.429. The van der Waals surface area contributed by atoms with E-state index in [4.69, 9.17) is 21.3 Å². The van der Waals surface area contributed by atoms with E-state index in [0.717, 1.165) is 40.8 Å². The number of ether oxygens (including phenoxy) is 1. The maximum atomic E-state index is 13.1. The van der Waals surface area contributed by atoms with E-state index in [0.29, 0.717) is 23.2 Å². The molecule has 0 bridgehead atoms. The molecule has 3 heterocycles. The van der Waals surface area contributed by atoms with Gasteiger partial charge >= 0.3 is 5.97 Å². The molecule has 2 aliphatic rings. The predicted octanol–water partition coefficient (Wildman–Crippen LogP) is 5.79. The number of methoxy groups -OCH3 is 1. The fourth-order valence-electron chi connectivity index (χ4n) is 5.56. The van der Waals surface area contributed by atoms with Crippen LogP contribution in [0.1, 0.15) is 48.0 Å². The summed E-state index contributed by atoms with van der Waals surface area (Å²) in [6, 6.07) is 16.2. The smallest absolute Gasteiger partial charge is 0.338 e. The van der Waals surface area contributed by atoms with E-state index >= 15 is 0 Å². The minimum absolute atomic E-state index is 0.319. The van der Waals surface area contributed by atoms with Gasteiger partial charge in [0.2, 0.25) is 0 Å². The van der Waals surface area contributed by atoms with E-state index in [9.17, 15) is 4.79 Å². The van der Waals surface area contributed by atoms with Crippen molar-refractivity contribution in [2.24, 2.45) is 0 Å². The highest BCUT2D eigenvalue weighted by Gasteiger charge is 2.28. The summed E-state index contributed by atoms with van der Waals surface area (Å²) in [6.45, 7) is 5.18. The molecule has 0 radical (unpaired) electrons. The Bertz CT molecular complexity index is 1170. The highest BCUT2D eigenvalue weighted by molar-refractivity contribution is 6.30. The minimum Gasteiger partial charge on any atom is -0.465 e. The van der Waals surface area contributed by atoms with Gasteiger partial charge in [0.05, 0.1) is 23.9 Å². The lowest BCUT2D eigenvalue weighted by Gasteiger charge is -2.40. The molecular weight excluding hydrogens is 446 g/mol. The molecule has 2 saturated heterocycles. The molecule has 0 amide bonds. The molecule has 1 aromatic heterocycles. The van der Waals surface area contributed by atoms with Crippen LogP contribution in [0.4, 0.5) is 0 Å². The summed E-state index contributed by atoms with van der Waals surface area (Å²) in [7, 11) is 1.45. The van der Waals surface area contributed by atoms with E-state index in [1.54, 1.807) is 0 Å². The third-order valence-electron chi connectivity index (χ3n) is 7.33. The van der Waals surface area contributed by atoms with Gasteiger partial charge in [0.15, 0.2) is 0 Å². The zero-order valence-corrected chi connectivity index (χ0v) is 20.6. The third-order valence-corrected chi connectivity index (χ3v) is 7.56. The largest absolute Gasteiger partial charge is 0.465 e. The Hall–Kier alpha value is -2.47. The van der Waals surface area contributed by atoms with Crippen LogP contribution < -0.4 is 0 Å². The summed E-state index contributed by atoms with van der Waals surface area (Å²) in [5.41, 5.74) is 4.04. The lowest BCUT2D eigenvalue weighted by molar-refractivity contribution is 0.0598. The number of likely N-dealkylation sites (tertiary alicyclic amines) is 2. The molecule has 2 aliphatic heterocycles. The SMILES string of the molecule is COC(=O)c1c(CN2CCC(N3CCCCC3)CC2)c(-c2cccc(Cl)c2)nc2ccccc12. The molecule has 5 nitrogen and oxygen atoms in total. The summed E-state index contributed by atoms with van der Waals surface area (Å²) >= 11 is 6.34. The first-order chi connectivity index (χ1) is 16.6. The molecule has 2 fully saturated rings.